The number of hydrogen-bond donors (Lipinski definition) is 2. The number of benzene rings is 1. The van der Waals surface area contributed by atoms with E-state index in [0.29, 0.717) is 25.8 Å². The van der Waals surface area contributed by atoms with Gasteiger partial charge in [0.15, 0.2) is 11.9 Å². The summed E-state index contributed by atoms with van der Waals surface area (Å²) in [5, 5.41) is 14.5. The van der Waals surface area contributed by atoms with E-state index in [0.717, 1.165) is 18.4 Å². The van der Waals surface area contributed by atoms with Gasteiger partial charge in [-0.3, -0.25) is 9.59 Å². The maximum absolute atomic E-state index is 15.0. The summed E-state index contributed by atoms with van der Waals surface area (Å²) < 4.78 is 38.9. The number of cyclic esters (lactones) is 1. The van der Waals surface area contributed by atoms with Crippen LogP contribution in [0.1, 0.15) is 100.0 Å². The third kappa shape index (κ3) is 10.4. The van der Waals surface area contributed by atoms with Gasteiger partial charge in [0.25, 0.3) is 0 Å². The second-order valence-electron chi connectivity index (χ2n) is 18.3. The van der Waals surface area contributed by atoms with E-state index in [-0.39, 0.29) is 37.5 Å². The van der Waals surface area contributed by atoms with Gasteiger partial charge in [-0.15, -0.1) is 0 Å². The van der Waals surface area contributed by atoms with E-state index < -0.39 is 89.8 Å². The number of fused-ring (bicyclic) bond motifs is 4. The van der Waals surface area contributed by atoms with Crippen LogP contribution in [0.3, 0.4) is 0 Å². The Bertz CT molecular complexity index is 1680. The van der Waals surface area contributed by atoms with E-state index in [9.17, 15) is 24.3 Å². The number of ketones is 1. The Morgan fingerprint density at radius 3 is 2.35 bits per heavy atom. The highest BCUT2D eigenvalue weighted by Gasteiger charge is 2.60. The van der Waals surface area contributed by atoms with Gasteiger partial charge in [0.1, 0.15) is 29.7 Å². The molecule has 0 unspecified atom stereocenters. The molecule has 336 valence electrons. The summed E-state index contributed by atoms with van der Waals surface area (Å²) in [5.74, 6) is -3.88. The normalized spacial score (nSPS) is 39.3. The van der Waals surface area contributed by atoms with Crippen molar-refractivity contribution >= 4 is 23.9 Å². The fraction of sp³-hybridized carbons (Fsp3) is 0.739. The van der Waals surface area contributed by atoms with Crippen molar-refractivity contribution in [2.24, 2.45) is 23.7 Å². The van der Waals surface area contributed by atoms with Crippen molar-refractivity contribution in [3.8, 4) is 0 Å². The molecule has 0 spiro atoms. The summed E-state index contributed by atoms with van der Waals surface area (Å²) in [7, 11) is 3.77. The van der Waals surface area contributed by atoms with Crippen molar-refractivity contribution in [3.05, 3.63) is 47.5 Å². The molecule has 14 heteroatoms. The van der Waals surface area contributed by atoms with Crippen LogP contribution in [-0.4, -0.2) is 133 Å². The zero-order valence-electron chi connectivity index (χ0n) is 37.7. The first kappa shape index (κ1) is 47.5. The van der Waals surface area contributed by atoms with Crippen LogP contribution in [0.15, 0.2) is 42.0 Å². The third-order valence-electron chi connectivity index (χ3n) is 13.5. The monoisotopic (exact) mass is 842 g/mol. The number of amides is 2. The van der Waals surface area contributed by atoms with Crippen LogP contribution in [0.25, 0.3) is 0 Å². The van der Waals surface area contributed by atoms with E-state index in [1.165, 1.54) is 5.56 Å². The van der Waals surface area contributed by atoms with E-state index in [2.05, 4.69) is 17.4 Å². The lowest BCUT2D eigenvalue weighted by Crippen LogP contribution is -2.61. The fourth-order valence-electron chi connectivity index (χ4n) is 10.2. The van der Waals surface area contributed by atoms with Crippen molar-refractivity contribution in [2.45, 2.75) is 161 Å². The molecule has 0 aliphatic carbocycles. The molecule has 14 nitrogen and oxygen atoms in total. The second-order valence-corrected chi connectivity index (χ2v) is 18.3. The highest BCUT2D eigenvalue weighted by molar-refractivity contribution is 5.85. The van der Waals surface area contributed by atoms with Crippen LogP contribution >= 0.6 is 0 Å². The van der Waals surface area contributed by atoms with E-state index in [1.807, 2.05) is 71.0 Å². The van der Waals surface area contributed by atoms with E-state index >= 15 is 0 Å². The van der Waals surface area contributed by atoms with Crippen molar-refractivity contribution in [3.63, 3.8) is 0 Å². The first-order valence-electron chi connectivity index (χ1n) is 22.0. The Morgan fingerprint density at radius 2 is 1.70 bits per heavy atom. The number of carbonyl (C=O) groups excluding carboxylic acids is 4. The Kier molecular flexibility index (Phi) is 15.9. The number of allylic oxidation sites excluding steroid dienone is 1. The number of aryl methyl sites for hydroxylation is 1. The van der Waals surface area contributed by atoms with Gasteiger partial charge in [0.2, 0.25) is 0 Å². The predicted molar refractivity (Wildman–Crippen MR) is 225 cm³/mol. The van der Waals surface area contributed by atoms with Crippen LogP contribution in [0, 0.1) is 23.7 Å². The standard InChI is InChI=1S/C46H71N3O11/c1-12-32-25-47-43(53)59-45(8)24-27(3)36(50)29(5)39-46(9,60-44(54)49(39)22-18-17-21-33-19-15-14-16-20-33)35(13-2)57-41(52)31(7)38(55-26-32)30(6)40(45)58-42-37(51)34(48(10)11)23-28(4)56-42/h12,14-16,19-20,27-31,34-35,37-40,42,51H,13,17-18,21-26H2,1-11H3,(H,47,53)/b32-12-/t27-,28-,29+,30+,31-,34+,35-,37-,38+,39+,40-,42+,45-,46-/m1/s1. The molecule has 0 aromatic heterocycles. The minimum absolute atomic E-state index is 0.00260. The molecule has 0 radical (unpaired) electrons. The van der Waals surface area contributed by atoms with Crippen molar-refractivity contribution < 1.29 is 52.7 Å². The summed E-state index contributed by atoms with van der Waals surface area (Å²) in [6.45, 7) is 16.8. The van der Waals surface area contributed by atoms with Crippen LogP contribution in [-0.2, 0) is 44.4 Å². The molecule has 2 bridgehead atoms. The summed E-state index contributed by atoms with van der Waals surface area (Å²) in [5.41, 5.74) is -0.971. The van der Waals surface area contributed by atoms with Gasteiger partial charge in [0.05, 0.1) is 30.8 Å². The number of carbonyl (C=O) groups is 4. The minimum atomic E-state index is -1.54. The number of aliphatic hydroxyl groups excluding tert-OH is 1. The molecule has 0 saturated carbocycles. The van der Waals surface area contributed by atoms with Gasteiger partial charge in [-0.05, 0) is 98.4 Å². The summed E-state index contributed by atoms with van der Waals surface area (Å²) in [6.07, 6.45) is -1.63. The van der Waals surface area contributed by atoms with Crippen LogP contribution in [0.5, 0.6) is 0 Å². The average Bonchev–Trinajstić information content (AvgIpc) is 3.46. The van der Waals surface area contributed by atoms with Gasteiger partial charge < -0.3 is 48.6 Å². The predicted octanol–water partition coefficient (Wildman–Crippen LogP) is 6.07. The summed E-state index contributed by atoms with van der Waals surface area (Å²) in [4.78, 5) is 60.9. The number of nitrogens with one attached hydrogen (secondary N) is 1. The highest BCUT2D eigenvalue weighted by atomic mass is 16.7. The fourth-order valence-corrected chi connectivity index (χ4v) is 10.2. The van der Waals surface area contributed by atoms with Crippen LogP contribution < -0.4 is 5.32 Å². The minimum Gasteiger partial charge on any atom is -0.458 e. The number of alkyl carbamates (subject to hydrolysis) is 1. The molecule has 4 aliphatic heterocycles. The quantitative estimate of drug-likeness (QED) is 0.128. The number of unbranched alkanes of at least 4 members (excludes halogenated alkanes) is 1. The number of Topliss-reactive ketones (excluding diaryl/α,β-unsaturated/α-hetero) is 1. The molecule has 2 amide bonds. The van der Waals surface area contributed by atoms with Crippen molar-refractivity contribution in [1.82, 2.24) is 15.1 Å². The number of esters is 1. The zero-order chi connectivity index (χ0) is 44.1. The molecule has 4 heterocycles. The smallest absolute Gasteiger partial charge is 0.410 e. The molecule has 4 saturated heterocycles. The van der Waals surface area contributed by atoms with Gasteiger partial charge in [-0.1, -0.05) is 64.1 Å². The van der Waals surface area contributed by atoms with Crippen LogP contribution in [0.4, 0.5) is 9.59 Å². The Balaban J connectivity index is 1.60. The number of aliphatic hydroxyl groups is 1. The lowest BCUT2D eigenvalue weighted by Gasteiger charge is -2.48. The van der Waals surface area contributed by atoms with Gasteiger partial charge >= 0.3 is 18.2 Å². The topological polar surface area (TPSA) is 162 Å². The lowest BCUT2D eigenvalue weighted by atomic mass is 9.73. The molecule has 60 heavy (non-hydrogen) atoms. The largest absolute Gasteiger partial charge is 0.458 e. The van der Waals surface area contributed by atoms with Gasteiger partial charge in [0, 0.05) is 36.9 Å². The second kappa shape index (κ2) is 20.1. The maximum atomic E-state index is 15.0. The Labute approximate surface area is 357 Å². The summed E-state index contributed by atoms with van der Waals surface area (Å²) in [6, 6.07) is 9.05. The summed E-state index contributed by atoms with van der Waals surface area (Å²) >= 11 is 0. The number of ether oxygens (including phenoxy) is 6. The average molecular weight is 842 g/mol. The number of rotatable bonds is 9. The van der Waals surface area contributed by atoms with Crippen molar-refractivity contribution in [2.75, 3.05) is 33.8 Å². The molecule has 4 fully saturated rings. The molecular weight excluding hydrogens is 771 g/mol. The molecule has 14 atom stereocenters. The number of hydrogen-bond acceptors (Lipinski definition) is 12. The third-order valence-corrected chi connectivity index (χ3v) is 13.5. The van der Waals surface area contributed by atoms with E-state index in [4.69, 9.17) is 28.4 Å². The first-order chi connectivity index (χ1) is 28.3. The molecule has 4 aliphatic rings. The van der Waals surface area contributed by atoms with E-state index in [1.54, 1.807) is 39.5 Å². The molecule has 5 rings (SSSR count). The molecule has 1 aromatic rings. The zero-order valence-corrected chi connectivity index (χ0v) is 37.7. The van der Waals surface area contributed by atoms with Crippen molar-refractivity contribution in [1.29, 1.82) is 0 Å². The molecular formula is C46H71N3O11. The SMILES string of the molecule is C/C=C1/CNC(=O)O[C@]2(C)C[C@@H](C)C(=O)[C@H](C)[C@@H]3N(CCCCc4ccccc4)C(=O)O[C@]3(C)[C@@H](CC)OC(=O)[C@H](C)[C@@H](OC1)[C@H](C)[C@H]2O[C@@H]1O[C@H](C)C[C@H](N(C)C)[C@H]1O. The highest BCUT2D eigenvalue weighted by Crippen LogP contribution is 2.44. The Hall–Kier alpha value is -3.56. The maximum Gasteiger partial charge on any atom is 0.410 e. The molecule has 1 aromatic carbocycles. The molecule has 2 N–H and O–H groups in total. The lowest BCUT2D eigenvalue weighted by molar-refractivity contribution is -0.299. The Morgan fingerprint density at radius 1 is 1.00 bits per heavy atom. The van der Waals surface area contributed by atoms with Gasteiger partial charge in [-0.25, -0.2) is 9.59 Å². The van der Waals surface area contributed by atoms with Crippen LogP contribution in [0.2, 0.25) is 0 Å². The van der Waals surface area contributed by atoms with Gasteiger partial charge in [-0.2, -0.15) is 0 Å². The number of nitrogens with zero attached hydrogens (tertiary/aromatic N) is 2. The number of likely N-dealkylation sites (N-methyl/N-ethyl adjacent to an activating group) is 1. The first-order valence-corrected chi connectivity index (χ1v) is 22.0.